The lowest BCUT2D eigenvalue weighted by Crippen LogP contribution is -2.42. The van der Waals surface area contributed by atoms with E-state index in [0.29, 0.717) is 24.9 Å². The molecular formula is C21H29N5O3. The number of hydrogen-bond acceptors (Lipinski definition) is 7. The first kappa shape index (κ1) is 20.0. The Kier molecular flexibility index (Phi) is 5.94. The zero-order valence-corrected chi connectivity index (χ0v) is 17.3. The summed E-state index contributed by atoms with van der Waals surface area (Å²) in [5, 5.41) is 9.43. The molecule has 2 unspecified atom stereocenters. The SMILES string of the molecule is CCc1nc(-c2ccc3c(c2)CC[C@H]3NC(=O)C2CNN(CCOC)C2C)no1. The number of ether oxygens (including phenoxy) is 1. The summed E-state index contributed by atoms with van der Waals surface area (Å²) in [7, 11) is 1.69. The molecule has 0 bridgehead atoms. The van der Waals surface area contributed by atoms with Gasteiger partial charge < -0.3 is 14.6 Å². The van der Waals surface area contributed by atoms with Gasteiger partial charge >= 0.3 is 0 Å². The summed E-state index contributed by atoms with van der Waals surface area (Å²) in [6.45, 7) is 6.15. The molecule has 156 valence electrons. The van der Waals surface area contributed by atoms with E-state index in [1.807, 2.05) is 13.0 Å². The van der Waals surface area contributed by atoms with Crippen molar-refractivity contribution in [3.8, 4) is 11.4 Å². The van der Waals surface area contributed by atoms with Crippen molar-refractivity contribution in [2.24, 2.45) is 5.92 Å². The highest BCUT2D eigenvalue weighted by atomic mass is 16.5. The number of benzene rings is 1. The molecule has 1 fully saturated rings. The summed E-state index contributed by atoms with van der Waals surface area (Å²) in [6, 6.07) is 6.42. The van der Waals surface area contributed by atoms with Crippen LogP contribution in [0.2, 0.25) is 0 Å². The number of carbonyl (C=O) groups is 1. The fourth-order valence-electron chi connectivity index (χ4n) is 4.23. The van der Waals surface area contributed by atoms with E-state index in [1.54, 1.807) is 7.11 Å². The predicted molar refractivity (Wildman–Crippen MR) is 108 cm³/mol. The highest BCUT2D eigenvalue weighted by molar-refractivity contribution is 5.80. The van der Waals surface area contributed by atoms with Gasteiger partial charge in [-0.2, -0.15) is 4.98 Å². The maximum Gasteiger partial charge on any atom is 0.226 e. The first-order valence-electron chi connectivity index (χ1n) is 10.4. The average molecular weight is 399 g/mol. The monoisotopic (exact) mass is 399 g/mol. The van der Waals surface area contributed by atoms with Crippen molar-refractivity contribution in [1.82, 2.24) is 25.9 Å². The predicted octanol–water partition coefficient (Wildman–Crippen LogP) is 1.87. The number of aryl methyl sites for hydroxylation is 2. The van der Waals surface area contributed by atoms with Gasteiger partial charge in [0.25, 0.3) is 0 Å². The summed E-state index contributed by atoms with van der Waals surface area (Å²) < 4.78 is 10.4. The van der Waals surface area contributed by atoms with Crippen molar-refractivity contribution in [2.45, 2.75) is 45.2 Å². The zero-order valence-electron chi connectivity index (χ0n) is 17.3. The van der Waals surface area contributed by atoms with Gasteiger partial charge in [0.2, 0.25) is 17.6 Å². The van der Waals surface area contributed by atoms with Gasteiger partial charge in [-0.1, -0.05) is 24.2 Å². The molecule has 2 aromatic rings. The van der Waals surface area contributed by atoms with Crippen molar-refractivity contribution in [3.63, 3.8) is 0 Å². The molecule has 1 aliphatic carbocycles. The molecule has 8 heteroatoms. The topological polar surface area (TPSA) is 92.5 Å². The third-order valence-electron chi connectivity index (χ3n) is 6.03. The number of rotatable bonds is 7. The van der Waals surface area contributed by atoms with Crippen molar-refractivity contribution in [1.29, 1.82) is 0 Å². The molecule has 3 atom stereocenters. The number of nitrogens with one attached hydrogen (secondary N) is 2. The number of fused-ring (bicyclic) bond motifs is 1. The number of methoxy groups -OCH3 is 1. The van der Waals surface area contributed by atoms with Gasteiger partial charge in [-0.05, 0) is 37.0 Å². The maximum atomic E-state index is 12.9. The van der Waals surface area contributed by atoms with Crippen LogP contribution in [-0.4, -0.2) is 53.9 Å². The molecule has 0 saturated carbocycles. The van der Waals surface area contributed by atoms with Crippen molar-refractivity contribution >= 4 is 5.91 Å². The second-order valence-corrected chi connectivity index (χ2v) is 7.77. The summed E-state index contributed by atoms with van der Waals surface area (Å²) in [6.07, 6.45) is 2.58. The fraction of sp³-hybridized carbons (Fsp3) is 0.571. The Morgan fingerprint density at radius 2 is 2.31 bits per heavy atom. The molecule has 2 aliphatic rings. The van der Waals surface area contributed by atoms with E-state index in [2.05, 4.69) is 44.9 Å². The smallest absolute Gasteiger partial charge is 0.226 e. The Bertz CT molecular complexity index is 868. The van der Waals surface area contributed by atoms with Gasteiger partial charge in [0, 0.05) is 38.2 Å². The van der Waals surface area contributed by atoms with E-state index < -0.39 is 0 Å². The van der Waals surface area contributed by atoms with Crippen LogP contribution in [-0.2, 0) is 22.4 Å². The van der Waals surface area contributed by atoms with Crippen LogP contribution < -0.4 is 10.7 Å². The van der Waals surface area contributed by atoms with Gasteiger partial charge in [-0.3, -0.25) is 10.2 Å². The van der Waals surface area contributed by atoms with Crippen molar-refractivity contribution in [3.05, 3.63) is 35.2 Å². The molecule has 0 spiro atoms. The molecule has 2 heterocycles. The molecule has 0 radical (unpaired) electrons. The molecule has 4 rings (SSSR count). The van der Waals surface area contributed by atoms with Gasteiger partial charge in [0.15, 0.2) is 0 Å². The minimum absolute atomic E-state index is 0.0586. The molecule has 1 aliphatic heterocycles. The van der Waals surface area contributed by atoms with Crippen LogP contribution in [0.3, 0.4) is 0 Å². The number of amides is 1. The molecular weight excluding hydrogens is 370 g/mol. The Hall–Kier alpha value is -2.29. The highest BCUT2D eigenvalue weighted by Crippen LogP contribution is 2.34. The Labute approximate surface area is 171 Å². The Morgan fingerprint density at radius 3 is 3.07 bits per heavy atom. The van der Waals surface area contributed by atoms with Crippen LogP contribution in [0.1, 0.15) is 43.3 Å². The number of hydrogen-bond donors (Lipinski definition) is 2. The van der Waals surface area contributed by atoms with Crippen LogP contribution in [0.15, 0.2) is 22.7 Å². The third kappa shape index (κ3) is 4.05. The first-order valence-corrected chi connectivity index (χ1v) is 10.4. The van der Waals surface area contributed by atoms with E-state index in [-0.39, 0.29) is 23.9 Å². The second kappa shape index (κ2) is 8.61. The van der Waals surface area contributed by atoms with E-state index in [4.69, 9.17) is 9.26 Å². The molecule has 29 heavy (non-hydrogen) atoms. The lowest BCUT2D eigenvalue weighted by Gasteiger charge is -2.24. The van der Waals surface area contributed by atoms with Gasteiger partial charge in [0.1, 0.15) is 0 Å². The summed E-state index contributed by atoms with van der Waals surface area (Å²) in [5.74, 6) is 1.31. The normalized spacial score (nSPS) is 24.0. The minimum atomic E-state index is -0.0676. The molecule has 8 nitrogen and oxygen atoms in total. The molecule has 2 N–H and O–H groups in total. The van der Waals surface area contributed by atoms with Crippen LogP contribution in [0.4, 0.5) is 0 Å². The van der Waals surface area contributed by atoms with Gasteiger partial charge in [0.05, 0.1) is 18.6 Å². The lowest BCUT2D eigenvalue weighted by atomic mass is 10.00. The van der Waals surface area contributed by atoms with Crippen LogP contribution in [0, 0.1) is 5.92 Å². The lowest BCUT2D eigenvalue weighted by molar-refractivity contribution is -0.126. The van der Waals surface area contributed by atoms with Gasteiger partial charge in [-0.15, -0.1) is 0 Å². The Balaban J connectivity index is 1.41. The highest BCUT2D eigenvalue weighted by Gasteiger charge is 2.37. The number of nitrogens with zero attached hydrogens (tertiary/aromatic N) is 3. The molecule has 1 aromatic heterocycles. The van der Waals surface area contributed by atoms with Crippen LogP contribution in [0.25, 0.3) is 11.4 Å². The van der Waals surface area contributed by atoms with E-state index in [0.717, 1.165) is 31.4 Å². The molecule has 1 saturated heterocycles. The largest absolute Gasteiger partial charge is 0.383 e. The average Bonchev–Trinajstić information content (AvgIpc) is 3.45. The molecule has 1 amide bonds. The van der Waals surface area contributed by atoms with Crippen molar-refractivity contribution < 1.29 is 14.1 Å². The summed E-state index contributed by atoms with van der Waals surface area (Å²) >= 11 is 0. The number of carbonyl (C=O) groups excluding carboxylic acids is 1. The van der Waals surface area contributed by atoms with Crippen LogP contribution >= 0.6 is 0 Å². The first-order chi connectivity index (χ1) is 14.1. The van der Waals surface area contributed by atoms with E-state index in [9.17, 15) is 4.79 Å². The van der Waals surface area contributed by atoms with Crippen molar-refractivity contribution in [2.75, 3.05) is 26.8 Å². The maximum absolute atomic E-state index is 12.9. The van der Waals surface area contributed by atoms with Crippen LogP contribution in [0.5, 0.6) is 0 Å². The quantitative estimate of drug-likeness (QED) is 0.734. The second-order valence-electron chi connectivity index (χ2n) is 7.77. The standard InChI is InChI=1S/C21H29N5O3/c1-4-19-24-20(25-29-19)15-5-7-16-14(11-15)6-8-18(16)23-21(27)17-12-22-26(13(17)2)9-10-28-3/h5,7,11,13,17-18,22H,4,6,8-10,12H2,1-3H3,(H,23,27)/t13?,17?,18-/m1/s1. The fourth-order valence-corrected chi connectivity index (χ4v) is 4.23. The van der Waals surface area contributed by atoms with Gasteiger partial charge in [-0.25, -0.2) is 5.01 Å². The minimum Gasteiger partial charge on any atom is -0.383 e. The molecule has 1 aromatic carbocycles. The van der Waals surface area contributed by atoms with E-state index >= 15 is 0 Å². The number of aromatic nitrogens is 2. The zero-order chi connectivity index (χ0) is 20.4. The summed E-state index contributed by atoms with van der Waals surface area (Å²) in [5.41, 5.74) is 6.71. The van der Waals surface area contributed by atoms with E-state index in [1.165, 1.54) is 11.1 Å². The summed E-state index contributed by atoms with van der Waals surface area (Å²) in [4.78, 5) is 17.3. The Morgan fingerprint density at radius 1 is 1.45 bits per heavy atom. The third-order valence-corrected chi connectivity index (χ3v) is 6.03. The number of hydrazine groups is 1.